The highest BCUT2D eigenvalue weighted by molar-refractivity contribution is 7.91. The van der Waals surface area contributed by atoms with Crippen molar-refractivity contribution in [3.8, 4) is 11.5 Å². The first-order valence-corrected chi connectivity index (χ1v) is 10.2. The number of carbonyl (C=O) groups excluding carboxylic acids is 1. The number of sulfone groups is 1. The molecule has 2 rings (SSSR count). The zero-order chi connectivity index (χ0) is 18.4. The van der Waals surface area contributed by atoms with Crippen LogP contribution >= 0.6 is 0 Å². The molecule has 0 aromatic heterocycles. The Morgan fingerprint density at radius 2 is 1.96 bits per heavy atom. The number of benzene rings is 1. The van der Waals surface area contributed by atoms with Gasteiger partial charge < -0.3 is 20.1 Å². The van der Waals surface area contributed by atoms with Crippen LogP contribution in [-0.2, 0) is 9.84 Å². The lowest BCUT2D eigenvalue weighted by molar-refractivity contribution is 0.0721. The van der Waals surface area contributed by atoms with E-state index in [1.165, 1.54) is 0 Å². The van der Waals surface area contributed by atoms with Gasteiger partial charge >= 0.3 is 0 Å². The number of hydrogen-bond acceptors (Lipinski definition) is 6. The van der Waals surface area contributed by atoms with E-state index in [0.29, 0.717) is 49.5 Å². The molecule has 1 aromatic rings. The molecule has 0 unspecified atom stereocenters. The Morgan fingerprint density at radius 3 is 2.56 bits per heavy atom. The van der Waals surface area contributed by atoms with Gasteiger partial charge in [-0.25, -0.2) is 8.42 Å². The first-order chi connectivity index (χ1) is 11.9. The maximum Gasteiger partial charge on any atom is 0.253 e. The molecular weight excluding hydrogens is 344 g/mol. The van der Waals surface area contributed by atoms with E-state index in [2.05, 4.69) is 0 Å². The summed E-state index contributed by atoms with van der Waals surface area (Å²) in [5.41, 5.74) is 5.95. The topological polar surface area (TPSA) is 98.9 Å². The molecule has 1 saturated heterocycles. The standard InChI is InChI=1S/C17H26N2O5S/c1-19(14-6-10-25(21,22)11-7-14)17(20)13-4-5-15(23-2)16(12-13)24-9-3-8-18/h4-5,12,14H,3,6-11,18H2,1-2H3. The van der Waals surface area contributed by atoms with Crippen LogP contribution in [0.15, 0.2) is 18.2 Å². The molecule has 8 heteroatoms. The Bertz CT molecular complexity index is 691. The Hall–Kier alpha value is -1.80. The van der Waals surface area contributed by atoms with Gasteiger partial charge in [-0.05, 0) is 44.0 Å². The molecule has 0 spiro atoms. The summed E-state index contributed by atoms with van der Waals surface area (Å²) in [5.74, 6) is 1.16. The molecule has 1 fully saturated rings. The van der Waals surface area contributed by atoms with Crippen molar-refractivity contribution < 1.29 is 22.7 Å². The van der Waals surface area contributed by atoms with E-state index in [0.717, 1.165) is 0 Å². The highest BCUT2D eigenvalue weighted by Crippen LogP contribution is 2.29. The molecule has 2 N–H and O–H groups in total. The highest BCUT2D eigenvalue weighted by Gasteiger charge is 2.29. The van der Waals surface area contributed by atoms with Gasteiger partial charge in [-0.1, -0.05) is 0 Å². The average molecular weight is 370 g/mol. The van der Waals surface area contributed by atoms with Crippen molar-refractivity contribution in [1.29, 1.82) is 0 Å². The normalized spacial score (nSPS) is 17.1. The van der Waals surface area contributed by atoms with Crippen LogP contribution in [0.5, 0.6) is 11.5 Å². The first-order valence-electron chi connectivity index (χ1n) is 8.36. The molecule has 140 valence electrons. The number of ether oxygens (including phenoxy) is 2. The van der Waals surface area contributed by atoms with Crippen molar-refractivity contribution in [3.63, 3.8) is 0 Å². The third kappa shape index (κ3) is 5.09. The summed E-state index contributed by atoms with van der Waals surface area (Å²) >= 11 is 0. The molecule has 0 saturated carbocycles. The number of hydrogen-bond donors (Lipinski definition) is 1. The summed E-state index contributed by atoms with van der Waals surface area (Å²) in [6, 6.07) is 4.98. The Kier molecular flexibility index (Phi) is 6.66. The van der Waals surface area contributed by atoms with E-state index in [-0.39, 0.29) is 23.5 Å². The molecule has 1 heterocycles. The third-order valence-corrected chi connectivity index (χ3v) is 6.12. The van der Waals surface area contributed by atoms with Crippen LogP contribution in [-0.4, -0.2) is 64.1 Å². The predicted octanol–water partition coefficient (Wildman–Crippen LogP) is 1.07. The molecule has 1 aliphatic heterocycles. The van der Waals surface area contributed by atoms with Gasteiger partial charge in [0.05, 0.1) is 25.2 Å². The maximum atomic E-state index is 12.7. The van der Waals surface area contributed by atoms with Gasteiger partial charge in [0.15, 0.2) is 11.5 Å². The summed E-state index contributed by atoms with van der Waals surface area (Å²) in [7, 11) is 0.302. The van der Waals surface area contributed by atoms with Gasteiger partial charge in [0.25, 0.3) is 5.91 Å². The number of nitrogens with zero attached hydrogens (tertiary/aromatic N) is 1. The van der Waals surface area contributed by atoms with Crippen LogP contribution in [0, 0.1) is 0 Å². The van der Waals surface area contributed by atoms with E-state index in [9.17, 15) is 13.2 Å². The van der Waals surface area contributed by atoms with Gasteiger partial charge in [-0.3, -0.25) is 4.79 Å². The zero-order valence-corrected chi connectivity index (χ0v) is 15.5. The van der Waals surface area contributed by atoms with Crippen LogP contribution in [0.2, 0.25) is 0 Å². The molecule has 7 nitrogen and oxygen atoms in total. The molecule has 0 aliphatic carbocycles. The monoisotopic (exact) mass is 370 g/mol. The molecular formula is C17H26N2O5S. The van der Waals surface area contributed by atoms with Gasteiger partial charge in [0.2, 0.25) is 0 Å². The van der Waals surface area contributed by atoms with Gasteiger partial charge in [-0.15, -0.1) is 0 Å². The minimum Gasteiger partial charge on any atom is -0.493 e. The van der Waals surface area contributed by atoms with Crippen LogP contribution in [0.3, 0.4) is 0 Å². The predicted molar refractivity (Wildman–Crippen MR) is 95.9 cm³/mol. The van der Waals surface area contributed by atoms with Gasteiger partial charge in [0, 0.05) is 18.7 Å². The van der Waals surface area contributed by atoms with Crippen LogP contribution < -0.4 is 15.2 Å². The van der Waals surface area contributed by atoms with Crippen molar-refractivity contribution in [1.82, 2.24) is 4.90 Å². The quantitative estimate of drug-likeness (QED) is 0.721. The lowest BCUT2D eigenvalue weighted by Gasteiger charge is -2.31. The zero-order valence-electron chi connectivity index (χ0n) is 14.7. The number of rotatable bonds is 7. The Morgan fingerprint density at radius 1 is 1.28 bits per heavy atom. The second-order valence-corrected chi connectivity index (χ2v) is 8.46. The Balaban J connectivity index is 2.11. The SMILES string of the molecule is COc1ccc(C(=O)N(C)C2CCS(=O)(=O)CC2)cc1OCCCN. The summed E-state index contributed by atoms with van der Waals surface area (Å²) < 4.78 is 34.0. The fourth-order valence-electron chi connectivity index (χ4n) is 2.82. The summed E-state index contributed by atoms with van der Waals surface area (Å²) in [4.78, 5) is 14.4. The lowest BCUT2D eigenvalue weighted by Crippen LogP contribution is -2.42. The molecule has 0 bridgehead atoms. The second kappa shape index (κ2) is 8.53. The van der Waals surface area contributed by atoms with Crippen LogP contribution in [0.25, 0.3) is 0 Å². The smallest absolute Gasteiger partial charge is 0.253 e. The minimum absolute atomic E-state index is 0.0697. The number of amides is 1. The van der Waals surface area contributed by atoms with Crippen molar-refractivity contribution in [2.45, 2.75) is 25.3 Å². The molecule has 1 aliphatic rings. The maximum absolute atomic E-state index is 12.7. The van der Waals surface area contributed by atoms with E-state index < -0.39 is 9.84 Å². The van der Waals surface area contributed by atoms with Crippen molar-refractivity contribution in [2.24, 2.45) is 5.73 Å². The van der Waals surface area contributed by atoms with E-state index >= 15 is 0 Å². The number of nitrogens with two attached hydrogens (primary N) is 1. The summed E-state index contributed by atoms with van der Waals surface area (Å²) in [6.07, 6.45) is 1.65. The summed E-state index contributed by atoms with van der Waals surface area (Å²) in [5, 5.41) is 0. The Labute approximate surface area is 149 Å². The van der Waals surface area contributed by atoms with Gasteiger partial charge in [0.1, 0.15) is 9.84 Å². The highest BCUT2D eigenvalue weighted by atomic mass is 32.2. The van der Waals surface area contributed by atoms with E-state index in [1.807, 2.05) is 0 Å². The molecule has 1 aromatic carbocycles. The largest absolute Gasteiger partial charge is 0.493 e. The van der Waals surface area contributed by atoms with Crippen molar-refractivity contribution in [2.75, 3.05) is 38.8 Å². The number of methoxy groups -OCH3 is 1. The fourth-order valence-corrected chi connectivity index (χ4v) is 4.29. The van der Waals surface area contributed by atoms with Gasteiger partial charge in [-0.2, -0.15) is 0 Å². The molecule has 1 amide bonds. The molecule has 0 atom stereocenters. The minimum atomic E-state index is -2.95. The van der Waals surface area contributed by atoms with E-state index in [1.54, 1.807) is 37.3 Å². The third-order valence-electron chi connectivity index (χ3n) is 4.41. The fraction of sp³-hybridized carbons (Fsp3) is 0.588. The van der Waals surface area contributed by atoms with E-state index in [4.69, 9.17) is 15.2 Å². The van der Waals surface area contributed by atoms with Crippen molar-refractivity contribution in [3.05, 3.63) is 23.8 Å². The molecule has 0 radical (unpaired) electrons. The van der Waals surface area contributed by atoms with Crippen LogP contribution in [0.1, 0.15) is 29.6 Å². The average Bonchev–Trinajstić information content (AvgIpc) is 2.60. The molecule has 25 heavy (non-hydrogen) atoms. The second-order valence-electron chi connectivity index (χ2n) is 6.16. The summed E-state index contributed by atoms with van der Waals surface area (Å²) in [6.45, 7) is 0.967. The number of carbonyl (C=O) groups is 1. The lowest BCUT2D eigenvalue weighted by atomic mass is 10.1. The van der Waals surface area contributed by atoms with Crippen molar-refractivity contribution >= 4 is 15.7 Å². The van der Waals surface area contributed by atoms with Crippen LogP contribution in [0.4, 0.5) is 0 Å². The first kappa shape index (κ1) is 19.5.